The predicted molar refractivity (Wildman–Crippen MR) is 117 cm³/mol. The van der Waals surface area contributed by atoms with Gasteiger partial charge in [0.1, 0.15) is 24.9 Å². The first-order valence-electron chi connectivity index (χ1n) is 9.54. The Bertz CT molecular complexity index is 1150. The van der Waals surface area contributed by atoms with E-state index in [9.17, 15) is 14.0 Å². The molecule has 1 aliphatic rings. The van der Waals surface area contributed by atoms with E-state index in [1.807, 2.05) is 0 Å². The molecule has 9 nitrogen and oxygen atoms in total. The molecule has 11 heteroatoms. The van der Waals surface area contributed by atoms with E-state index >= 15 is 0 Å². The summed E-state index contributed by atoms with van der Waals surface area (Å²) in [6.45, 7) is 0.909. The SMILES string of the molecule is O=C(CSc1n[nH]c(C=Cc2ccc(F)cc2)n1)NC(=O)Nc1ccc2c(c1)OCCO2. The van der Waals surface area contributed by atoms with Crippen molar-refractivity contribution in [1.29, 1.82) is 0 Å². The molecule has 0 saturated heterocycles. The maximum atomic E-state index is 12.9. The van der Waals surface area contributed by atoms with E-state index in [1.54, 1.807) is 42.5 Å². The van der Waals surface area contributed by atoms with E-state index in [1.165, 1.54) is 12.1 Å². The standard InChI is InChI=1S/C21H18FN5O4S/c22-14-4-1-13(2-5-14)3-8-18-24-21(27-26-18)32-12-19(28)25-20(29)23-15-6-7-16-17(11-15)31-10-9-30-16/h1-8,11H,9-10,12H2,(H,24,26,27)(H2,23,25,28,29). The number of H-pyrrole nitrogens is 1. The monoisotopic (exact) mass is 455 g/mol. The number of anilines is 1. The number of rotatable bonds is 6. The summed E-state index contributed by atoms with van der Waals surface area (Å²) in [5.74, 6) is 0.761. The number of fused-ring (bicyclic) bond motifs is 1. The van der Waals surface area contributed by atoms with E-state index in [2.05, 4.69) is 25.8 Å². The van der Waals surface area contributed by atoms with E-state index in [0.29, 0.717) is 41.4 Å². The number of urea groups is 1. The number of ether oxygens (including phenoxy) is 2. The second-order valence-corrected chi connectivity index (χ2v) is 7.48. The van der Waals surface area contributed by atoms with Gasteiger partial charge in [-0.25, -0.2) is 14.2 Å². The molecule has 0 atom stereocenters. The fraction of sp³-hybridized carbons (Fsp3) is 0.143. The van der Waals surface area contributed by atoms with Crippen LogP contribution in [0.4, 0.5) is 14.9 Å². The summed E-state index contributed by atoms with van der Waals surface area (Å²) in [4.78, 5) is 28.3. The maximum absolute atomic E-state index is 12.9. The largest absolute Gasteiger partial charge is 0.486 e. The van der Waals surface area contributed by atoms with Crippen LogP contribution in [0.15, 0.2) is 47.6 Å². The molecular formula is C21H18FN5O4S. The number of thioether (sulfide) groups is 1. The number of nitrogens with one attached hydrogen (secondary N) is 3. The minimum Gasteiger partial charge on any atom is -0.486 e. The number of halogens is 1. The highest BCUT2D eigenvalue weighted by molar-refractivity contribution is 7.99. The lowest BCUT2D eigenvalue weighted by molar-refractivity contribution is -0.117. The summed E-state index contributed by atoms with van der Waals surface area (Å²) in [6, 6.07) is 10.3. The molecule has 2 heterocycles. The summed E-state index contributed by atoms with van der Waals surface area (Å²) in [5.41, 5.74) is 1.28. The summed E-state index contributed by atoms with van der Waals surface area (Å²) < 4.78 is 23.8. The van der Waals surface area contributed by atoms with Crippen LogP contribution in [-0.2, 0) is 4.79 Å². The molecule has 4 rings (SSSR count). The number of amides is 3. The van der Waals surface area contributed by atoms with Gasteiger partial charge in [-0.15, -0.1) is 5.10 Å². The lowest BCUT2D eigenvalue weighted by Gasteiger charge is -2.19. The molecule has 0 bridgehead atoms. The van der Waals surface area contributed by atoms with Gasteiger partial charge in [-0.1, -0.05) is 30.0 Å². The highest BCUT2D eigenvalue weighted by Crippen LogP contribution is 2.32. The van der Waals surface area contributed by atoms with Gasteiger partial charge < -0.3 is 14.8 Å². The van der Waals surface area contributed by atoms with Crippen LogP contribution in [0.3, 0.4) is 0 Å². The summed E-state index contributed by atoms with van der Waals surface area (Å²) >= 11 is 1.07. The van der Waals surface area contributed by atoms with Gasteiger partial charge in [-0.05, 0) is 35.9 Å². The minimum absolute atomic E-state index is 0.0481. The molecule has 32 heavy (non-hydrogen) atoms. The first-order valence-corrected chi connectivity index (χ1v) is 10.5. The second kappa shape index (κ2) is 9.96. The quantitative estimate of drug-likeness (QED) is 0.488. The number of carbonyl (C=O) groups excluding carboxylic acids is 2. The van der Waals surface area contributed by atoms with Crippen LogP contribution in [0.5, 0.6) is 11.5 Å². The third kappa shape index (κ3) is 5.85. The Labute approximate surface area is 186 Å². The molecule has 0 saturated carbocycles. The zero-order chi connectivity index (χ0) is 22.3. The van der Waals surface area contributed by atoms with Gasteiger partial charge in [0.2, 0.25) is 11.1 Å². The molecule has 0 unspecified atom stereocenters. The van der Waals surface area contributed by atoms with Crippen molar-refractivity contribution >= 4 is 41.5 Å². The molecule has 164 valence electrons. The van der Waals surface area contributed by atoms with Gasteiger partial charge in [-0.2, -0.15) is 0 Å². The van der Waals surface area contributed by atoms with Crippen LogP contribution in [0.1, 0.15) is 11.4 Å². The van der Waals surface area contributed by atoms with Gasteiger partial charge in [0, 0.05) is 11.8 Å². The zero-order valence-corrected chi connectivity index (χ0v) is 17.4. The molecular weight excluding hydrogens is 437 g/mol. The molecule has 0 fully saturated rings. The van der Waals surface area contributed by atoms with Crippen LogP contribution in [-0.4, -0.2) is 46.1 Å². The predicted octanol–water partition coefficient (Wildman–Crippen LogP) is 3.33. The van der Waals surface area contributed by atoms with Gasteiger partial charge >= 0.3 is 6.03 Å². The van der Waals surface area contributed by atoms with Crippen LogP contribution < -0.4 is 20.1 Å². The molecule has 0 spiro atoms. The van der Waals surface area contributed by atoms with E-state index in [0.717, 1.165) is 17.3 Å². The Morgan fingerprint density at radius 2 is 1.88 bits per heavy atom. The Hall–Kier alpha value is -3.86. The minimum atomic E-state index is -0.662. The number of hydrogen-bond acceptors (Lipinski definition) is 7. The Morgan fingerprint density at radius 3 is 2.69 bits per heavy atom. The average Bonchev–Trinajstić information content (AvgIpc) is 3.25. The van der Waals surface area contributed by atoms with Crippen molar-refractivity contribution in [1.82, 2.24) is 20.5 Å². The number of imide groups is 1. The van der Waals surface area contributed by atoms with Gasteiger partial charge in [0.15, 0.2) is 11.5 Å². The van der Waals surface area contributed by atoms with Crippen molar-refractivity contribution in [3.63, 3.8) is 0 Å². The third-order valence-corrected chi connectivity index (χ3v) is 5.02. The fourth-order valence-corrected chi connectivity index (χ4v) is 3.33. The number of hydrogen-bond donors (Lipinski definition) is 3. The summed E-state index contributed by atoms with van der Waals surface area (Å²) in [5, 5.41) is 11.9. The first kappa shape index (κ1) is 21.4. The van der Waals surface area contributed by atoms with Crippen LogP contribution >= 0.6 is 11.8 Å². The molecule has 1 aliphatic heterocycles. The maximum Gasteiger partial charge on any atom is 0.325 e. The number of aromatic amines is 1. The fourth-order valence-electron chi connectivity index (χ4n) is 2.72. The van der Waals surface area contributed by atoms with Crippen molar-refractivity contribution in [3.05, 3.63) is 59.7 Å². The van der Waals surface area contributed by atoms with Gasteiger partial charge in [-0.3, -0.25) is 15.2 Å². The number of benzene rings is 2. The summed E-state index contributed by atoms with van der Waals surface area (Å²) in [7, 11) is 0. The van der Waals surface area contributed by atoms with E-state index < -0.39 is 11.9 Å². The second-order valence-electron chi connectivity index (χ2n) is 6.54. The summed E-state index contributed by atoms with van der Waals surface area (Å²) in [6.07, 6.45) is 3.44. The van der Waals surface area contributed by atoms with Crippen molar-refractivity contribution < 1.29 is 23.5 Å². The number of nitrogens with zero attached hydrogens (tertiary/aromatic N) is 2. The lowest BCUT2D eigenvalue weighted by Crippen LogP contribution is -2.35. The topological polar surface area (TPSA) is 118 Å². The molecule has 3 aromatic rings. The first-order chi connectivity index (χ1) is 15.5. The van der Waals surface area contributed by atoms with Crippen LogP contribution in [0.25, 0.3) is 12.2 Å². The highest BCUT2D eigenvalue weighted by Gasteiger charge is 2.14. The van der Waals surface area contributed by atoms with Gasteiger partial charge in [0.25, 0.3) is 0 Å². The van der Waals surface area contributed by atoms with Crippen molar-refractivity contribution in [2.45, 2.75) is 5.16 Å². The Balaban J connectivity index is 1.23. The Kier molecular flexibility index (Phi) is 6.66. The Morgan fingerprint density at radius 1 is 1.09 bits per heavy atom. The lowest BCUT2D eigenvalue weighted by atomic mass is 10.2. The normalized spacial score (nSPS) is 12.5. The van der Waals surface area contributed by atoms with Crippen molar-refractivity contribution in [3.8, 4) is 11.5 Å². The van der Waals surface area contributed by atoms with E-state index in [-0.39, 0.29) is 11.6 Å². The zero-order valence-electron chi connectivity index (χ0n) is 16.6. The molecule has 3 N–H and O–H groups in total. The molecule has 0 radical (unpaired) electrons. The molecule has 1 aromatic heterocycles. The van der Waals surface area contributed by atoms with Crippen molar-refractivity contribution in [2.75, 3.05) is 24.3 Å². The third-order valence-electron chi connectivity index (χ3n) is 4.17. The number of aromatic nitrogens is 3. The van der Waals surface area contributed by atoms with E-state index in [4.69, 9.17) is 9.47 Å². The van der Waals surface area contributed by atoms with Crippen LogP contribution in [0, 0.1) is 5.82 Å². The number of carbonyl (C=O) groups is 2. The molecule has 0 aliphatic carbocycles. The smallest absolute Gasteiger partial charge is 0.325 e. The van der Waals surface area contributed by atoms with Crippen LogP contribution in [0.2, 0.25) is 0 Å². The molecule has 3 amide bonds. The molecule has 2 aromatic carbocycles. The van der Waals surface area contributed by atoms with Gasteiger partial charge in [0.05, 0.1) is 5.75 Å². The van der Waals surface area contributed by atoms with Crippen molar-refractivity contribution in [2.24, 2.45) is 0 Å². The highest BCUT2D eigenvalue weighted by atomic mass is 32.2. The average molecular weight is 455 g/mol.